The van der Waals surface area contributed by atoms with Gasteiger partial charge in [0.25, 0.3) is 5.56 Å². The fourth-order valence-electron chi connectivity index (χ4n) is 1.28. The monoisotopic (exact) mass is 303 g/mol. The van der Waals surface area contributed by atoms with Gasteiger partial charge in [0.2, 0.25) is 0 Å². The Labute approximate surface area is 109 Å². The third-order valence-corrected chi connectivity index (χ3v) is 3.15. The van der Waals surface area contributed by atoms with Crippen LogP contribution in [0.25, 0.3) is 0 Å². The summed E-state index contributed by atoms with van der Waals surface area (Å²) in [7, 11) is 0. The van der Waals surface area contributed by atoms with Gasteiger partial charge in [0.15, 0.2) is 0 Å². The second kappa shape index (κ2) is 6.16. The van der Waals surface area contributed by atoms with Crippen LogP contribution in [0.15, 0.2) is 15.5 Å². The maximum atomic E-state index is 11.9. The lowest BCUT2D eigenvalue weighted by molar-refractivity contribution is 0.244. The Bertz CT molecular complexity index is 431. The summed E-state index contributed by atoms with van der Waals surface area (Å²) in [5.41, 5.74) is 0.508. The van der Waals surface area contributed by atoms with Crippen molar-refractivity contribution in [1.82, 2.24) is 9.78 Å². The van der Waals surface area contributed by atoms with Crippen molar-refractivity contribution in [2.45, 2.75) is 26.8 Å². The molecule has 17 heavy (non-hydrogen) atoms. The highest BCUT2D eigenvalue weighted by Crippen LogP contribution is 2.17. The molecule has 1 rings (SSSR count). The van der Waals surface area contributed by atoms with Gasteiger partial charge in [0, 0.05) is 13.2 Å². The predicted octanol–water partition coefficient (Wildman–Crippen LogP) is 1.63. The number of nitrogens with zero attached hydrogens (tertiary/aromatic N) is 2. The standard InChI is InChI=1S/C11H18BrN3O2/c1-7(2)15-11(17)10(12)9(5-14-15)13-4-8(3)6-16/h5,7-8,13,16H,4,6H2,1-3H3. The zero-order valence-electron chi connectivity index (χ0n) is 10.3. The molecule has 5 nitrogen and oxygen atoms in total. The maximum absolute atomic E-state index is 11.9. The largest absolute Gasteiger partial charge is 0.396 e. The van der Waals surface area contributed by atoms with Crippen molar-refractivity contribution in [1.29, 1.82) is 0 Å². The van der Waals surface area contributed by atoms with Crippen molar-refractivity contribution >= 4 is 21.6 Å². The third kappa shape index (κ3) is 3.54. The van der Waals surface area contributed by atoms with E-state index in [-0.39, 0.29) is 24.1 Å². The lowest BCUT2D eigenvalue weighted by atomic mass is 10.2. The molecule has 0 aromatic carbocycles. The number of aliphatic hydroxyl groups excluding tert-OH is 1. The first-order valence-electron chi connectivity index (χ1n) is 5.59. The number of hydrogen-bond donors (Lipinski definition) is 2. The smallest absolute Gasteiger partial charge is 0.283 e. The molecule has 0 spiro atoms. The fraction of sp³-hybridized carbons (Fsp3) is 0.636. The Hall–Kier alpha value is -0.880. The fourth-order valence-corrected chi connectivity index (χ4v) is 1.71. The minimum Gasteiger partial charge on any atom is -0.396 e. The summed E-state index contributed by atoms with van der Waals surface area (Å²) in [5, 5.41) is 16.1. The number of aliphatic hydroxyl groups is 1. The molecule has 96 valence electrons. The van der Waals surface area contributed by atoms with Gasteiger partial charge in [-0.15, -0.1) is 0 Å². The van der Waals surface area contributed by atoms with E-state index in [0.29, 0.717) is 16.7 Å². The van der Waals surface area contributed by atoms with E-state index in [1.54, 1.807) is 6.20 Å². The van der Waals surface area contributed by atoms with Gasteiger partial charge in [-0.1, -0.05) is 6.92 Å². The molecule has 0 saturated heterocycles. The van der Waals surface area contributed by atoms with Crippen LogP contribution in [0.3, 0.4) is 0 Å². The highest BCUT2D eigenvalue weighted by molar-refractivity contribution is 9.10. The first-order chi connectivity index (χ1) is 7.97. The first kappa shape index (κ1) is 14.2. The summed E-state index contributed by atoms with van der Waals surface area (Å²) >= 11 is 3.27. The van der Waals surface area contributed by atoms with E-state index in [9.17, 15) is 4.79 Å². The van der Waals surface area contributed by atoms with Crippen molar-refractivity contribution in [3.05, 3.63) is 21.0 Å². The molecular formula is C11H18BrN3O2. The lowest BCUT2D eigenvalue weighted by Crippen LogP contribution is -2.26. The van der Waals surface area contributed by atoms with E-state index in [1.807, 2.05) is 20.8 Å². The normalized spacial score (nSPS) is 12.8. The molecule has 0 aliphatic carbocycles. The molecule has 1 aromatic rings. The lowest BCUT2D eigenvalue weighted by Gasteiger charge is -2.14. The number of nitrogens with one attached hydrogen (secondary N) is 1. The van der Waals surface area contributed by atoms with Gasteiger partial charge >= 0.3 is 0 Å². The van der Waals surface area contributed by atoms with Crippen LogP contribution in [0, 0.1) is 5.92 Å². The summed E-state index contributed by atoms with van der Waals surface area (Å²) in [6.45, 7) is 6.44. The highest BCUT2D eigenvalue weighted by Gasteiger charge is 2.11. The summed E-state index contributed by atoms with van der Waals surface area (Å²) in [6.07, 6.45) is 1.62. The topological polar surface area (TPSA) is 67.2 Å². The van der Waals surface area contributed by atoms with E-state index in [4.69, 9.17) is 5.11 Å². The summed E-state index contributed by atoms with van der Waals surface area (Å²) in [4.78, 5) is 11.9. The van der Waals surface area contributed by atoms with Gasteiger partial charge in [-0.05, 0) is 35.7 Å². The number of hydrogen-bond acceptors (Lipinski definition) is 4. The van der Waals surface area contributed by atoms with Crippen LogP contribution in [-0.4, -0.2) is 28.0 Å². The Kier molecular flexibility index (Phi) is 5.14. The van der Waals surface area contributed by atoms with E-state index in [2.05, 4.69) is 26.3 Å². The molecular weight excluding hydrogens is 286 g/mol. The van der Waals surface area contributed by atoms with Crippen LogP contribution in [-0.2, 0) is 0 Å². The van der Waals surface area contributed by atoms with Gasteiger partial charge in [0.1, 0.15) is 4.47 Å². The molecule has 0 bridgehead atoms. The quantitative estimate of drug-likeness (QED) is 0.867. The molecule has 1 heterocycles. The van der Waals surface area contributed by atoms with Crippen LogP contribution in [0.5, 0.6) is 0 Å². The van der Waals surface area contributed by atoms with E-state index in [0.717, 1.165) is 0 Å². The number of aromatic nitrogens is 2. The molecule has 0 saturated carbocycles. The van der Waals surface area contributed by atoms with Gasteiger partial charge in [0.05, 0.1) is 17.9 Å². The van der Waals surface area contributed by atoms with Crippen molar-refractivity contribution in [2.24, 2.45) is 5.92 Å². The number of anilines is 1. The molecule has 1 aromatic heterocycles. The SMILES string of the molecule is CC(CO)CNc1cnn(C(C)C)c(=O)c1Br. The Balaban J connectivity index is 2.90. The van der Waals surface area contributed by atoms with Crippen LogP contribution < -0.4 is 10.9 Å². The molecule has 0 aliphatic rings. The van der Waals surface area contributed by atoms with Crippen LogP contribution in [0.2, 0.25) is 0 Å². The number of rotatable bonds is 5. The molecule has 2 N–H and O–H groups in total. The minimum absolute atomic E-state index is 0.0317. The maximum Gasteiger partial charge on any atom is 0.283 e. The average Bonchev–Trinajstić information content (AvgIpc) is 2.30. The van der Waals surface area contributed by atoms with Crippen LogP contribution in [0.1, 0.15) is 26.8 Å². The summed E-state index contributed by atoms with van der Waals surface area (Å²) < 4.78 is 1.90. The molecule has 0 aliphatic heterocycles. The van der Waals surface area contributed by atoms with Crippen molar-refractivity contribution in [2.75, 3.05) is 18.5 Å². The molecule has 6 heteroatoms. The molecule has 1 unspecified atom stereocenters. The van der Waals surface area contributed by atoms with E-state index < -0.39 is 0 Å². The van der Waals surface area contributed by atoms with Gasteiger partial charge in [-0.25, -0.2) is 4.68 Å². The van der Waals surface area contributed by atoms with Crippen LogP contribution in [0.4, 0.5) is 5.69 Å². The Morgan fingerprint density at radius 1 is 1.53 bits per heavy atom. The molecule has 0 radical (unpaired) electrons. The second-order valence-corrected chi connectivity index (χ2v) is 5.18. The summed E-state index contributed by atoms with van der Waals surface area (Å²) in [5.74, 6) is 0.134. The zero-order valence-corrected chi connectivity index (χ0v) is 11.9. The van der Waals surface area contributed by atoms with Crippen molar-refractivity contribution in [3.63, 3.8) is 0 Å². The first-order valence-corrected chi connectivity index (χ1v) is 6.38. The zero-order chi connectivity index (χ0) is 13.0. The molecule has 0 fully saturated rings. The molecule has 1 atom stereocenters. The van der Waals surface area contributed by atoms with Gasteiger partial charge < -0.3 is 10.4 Å². The predicted molar refractivity (Wildman–Crippen MR) is 71.3 cm³/mol. The van der Waals surface area contributed by atoms with Crippen LogP contribution >= 0.6 is 15.9 Å². The Morgan fingerprint density at radius 3 is 2.71 bits per heavy atom. The van der Waals surface area contributed by atoms with E-state index >= 15 is 0 Å². The second-order valence-electron chi connectivity index (χ2n) is 4.38. The van der Waals surface area contributed by atoms with Crippen molar-refractivity contribution in [3.8, 4) is 0 Å². The molecule has 0 amide bonds. The summed E-state index contributed by atoms with van der Waals surface area (Å²) in [6, 6.07) is 0.0317. The van der Waals surface area contributed by atoms with Gasteiger partial charge in [-0.2, -0.15) is 5.10 Å². The highest BCUT2D eigenvalue weighted by atomic mass is 79.9. The van der Waals surface area contributed by atoms with Crippen molar-refractivity contribution < 1.29 is 5.11 Å². The average molecular weight is 304 g/mol. The van der Waals surface area contributed by atoms with Gasteiger partial charge in [-0.3, -0.25) is 4.79 Å². The third-order valence-electron chi connectivity index (χ3n) is 2.39. The van der Waals surface area contributed by atoms with E-state index in [1.165, 1.54) is 4.68 Å². The minimum atomic E-state index is -0.151. The Morgan fingerprint density at radius 2 is 2.18 bits per heavy atom. The number of halogens is 1.